The molecule has 2 aromatic carbocycles. The zero-order chi connectivity index (χ0) is 21.3. The van der Waals surface area contributed by atoms with E-state index < -0.39 is 0 Å². The van der Waals surface area contributed by atoms with Crippen LogP contribution in [0.3, 0.4) is 0 Å². The first-order chi connectivity index (χ1) is 15.3. The number of aryl methyl sites for hydroxylation is 1. The number of hydrogen-bond acceptors (Lipinski definition) is 3. The van der Waals surface area contributed by atoms with E-state index in [-0.39, 0.29) is 5.91 Å². The molecule has 0 saturated heterocycles. The summed E-state index contributed by atoms with van der Waals surface area (Å²) in [6.07, 6.45) is 9.25. The van der Waals surface area contributed by atoms with Crippen LogP contribution in [0, 0.1) is 0 Å². The van der Waals surface area contributed by atoms with E-state index in [0.717, 1.165) is 48.0 Å². The molecule has 0 radical (unpaired) electrons. The number of nitrogens with zero attached hydrogens (tertiary/aromatic N) is 2. The van der Waals surface area contributed by atoms with Crippen molar-refractivity contribution >= 4 is 16.8 Å². The molecule has 4 aromatic rings. The highest BCUT2D eigenvalue weighted by molar-refractivity contribution is 5.97. The van der Waals surface area contributed by atoms with E-state index in [2.05, 4.69) is 39.4 Å². The van der Waals surface area contributed by atoms with Crippen LogP contribution in [0.1, 0.15) is 35.2 Å². The summed E-state index contributed by atoms with van der Waals surface area (Å²) in [7, 11) is 0. The Morgan fingerprint density at radius 2 is 1.84 bits per heavy atom. The van der Waals surface area contributed by atoms with Crippen molar-refractivity contribution < 1.29 is 9.53 Å². The molecule has 0 bridgehead atoms. The second-order valence-electron chi connectivity index (χ2n) is 7.57. The highest BCUT2D eigenvalue weighted by Crippen LogP contribution is 2.16. The Balaban J connectivity index is 1.21. The smallest absolute Gasteiger partial charge is 0.251 e. The summed E-state index contributed by atoms with van der Waals surface area (Å²) in [5.74, 6) is 0.744. The van der Waals surface area contributed by atoms with Crippen LogP contribution in [0.5, 0.6) is 5.75 Å². The molecule has 0 spiro atoms. The number of hydrogen-bond donors (Lipinski definition) is 1. The fourth-order valence-corrected chi connectivity index (χ4v) is 3.53. The molecule has 0 aliphatic carbocycles. The number of ether oxygens (including phenoxy) is 1. The summed E-state index contributed by atoms with van der Waals surface area (Å²) in [6, 6.07) is 21.4. The molecule has 0 aliphatic rings. The second-order valence-corrected chi connectivity index (χ2v) is 7.57. The molecule has 0 unspecified atom stereocenters. The molecule has 158 valence electrons. The normalized spacial score (nSPS) is 10.8. The molecule has 5 heteroatoms. The molecule has 5 nitrogen and oxygen atoms in total. The monoisotopic (exact) mass is 413 g/mol. The van der Waals surface area contributed by atoms with Gasteiger partial charge < -0.3 is 14.6 Å². The third kappa shape index (κ3) is 5.95. The van der Waals surface area contributed by atoms with Crippen LogP contribution in [0.25, 0.3) is 10.9 Å². The van der Waals surface area contributed by atoms with E-state index in [9.17, 15) is 4.79 Å². The average molecular weight is 414 g/mol. The summed E-state index contributed by atoms with van der Waals surface area (Å²) in [5.41, 5.74) is 2.53. The Bertz CT molecular complexity index is 1120. The maximum Gasteiger partial charge on any atom is 0.251 e. The maximum atomic E-state index is 12.5. The van der Waals surface area contributed by atoms with Gasteiger partial charge in [-0.15, -0.1) is 0 Å². The Morgan fingerprint density at radius 1 is 0.935 bits per heavy atom. The van der Waals surface area contributed by atoms with Crippen LogP contribution < -0.4 is 10.1 Å². The zero-order valence-electron chi connectivity index (χ0n) is 17.5. The lowest BCUT2D eigenvalue weighted by Crippen LogP contribution is -2.22. The van der Waals surface area contributed by atoms with Crippen molar-refractivity contribution in [1.29, 1.82) is 0 Å². The van der Waals surface area contributed by atoms with Crippen LogP contribution in [-0.4, -0.2) is 22.1 Å². The fourth-order valence-electron chi connectivity index (χ4n) is 3.53. The summed E-state index contributed by atoms with van der Waals surface area (Å²) in [6.45, 7) is 2.21. The van der Waals surface area contributed by atoms with Crippen molar-refractivity contribution in [3.05, 3.63) is 96.4 Å². The topological polar surface area (TPSA) is 56.1 Å². The van der Waals surface area contributed by atoms with Crippen molar-refractivity contribution in [2.45, 2.75) is 32.4 Å². The van der Waals surface area contributed by atoms with E-state index in [1.54, 1.807) is 12.3 Å². The first-order valence-electron chi connectivity index (χ1n) is 10.7. The molecule has 2 heterocycles. The lowest BCUT2D eigenvalue weighted by atomic mass is 10.1. The van der Waals surface area contributed by atoms with Crippen LogP contribution in [-0.2, 0) is 13.1 Å². The molecule has 0 aliphatic heterocycles. The minimum atomic E-state index is -0.0974. The number of pyridine rings is 1. The first-order valence-corrected chi connectivity index (χ1v) is 10.7. The van der Waals surface area contributed by atoms with E-state index in [4.69, 9.17) is 4.74 Å². The number of carbonyl (C=O) groups is 1. The minimum absolute atomic E-state index is 0.0974. The van der Waals surface area contributed by atoms with Gasteiger partial charge in [-0.1, -0.05) is 18.2 Å². The number of fused-ring (bicyclic) bond motifs is 1. The van der Waals surface area contributed by atoms with Crippen molar-refractivity contribution in [2.75, 3.05) is 6.61 Å². The molecular weight excluding hydrogens is 386 g/mol. The number of amides is 1. The van der Waals surface area contributed by atoms with E-state index >= 15 is 0 Å². The van der Waals surface area contributed by atoms with E-state index in [1.807, 2.05) is 48.5 Å². The lowest BCUT2D eigenvalue weighted by Gasteiger charge is -2.10. The van der Waals surface area contributed by atoms with Crippen LogP contribution in [0.2, 0.25) is 0 Å². The minimum Gasteiger partial charge on any atom is -0.494 e. The van der Waals surface area contributed by atoms with Gasteiger partial charge >= 0.3 is 0 Å². The van der Waals surface area contributed by atoms with E-state index in [0.29, 0.717) is 18.7 Å². The zero-order valence-corrected chi connectivity index (χ0v) is 17.5. The van der Waals surface area contributed by atoms with Crippen LogP contribution in [0.4, 0.5) is 0 Å². The van der Waals surface area contributed by atoms with Crippen LogP contribution in [0.15, 0.2) is 85.3 Å². The Morgan fingerprint density at radius 3 is 2.74 bits per heavy atom. The SMILES string of the molecule is O=C(NCc1cccc(OCCCCCn2cccc2)c1)c1ccc2ncccc2c1. The van der Waals surface area contributed by atoms with Gasteiger partial charge in [0.25, 0.3) is 5.91 Å². The van der Waals surface area contributed by atoms with Crippen LogP contribution >= 0.6 is 0 Å². The predicted octanol–water partition coefficient (Wildman–Crippen LogP) is 5.22. The molecule has 2 aromatic heterocycles. The molecule has 0 fully saturated rings. The number of benzene rings is 2. The molecular formula is C26H27N3O2. The van der Waals surface area contributed by atoms with Gasteiger partial charge in [-0.25, -0.2) is 0 Å². The van der Waals surface area contributed by atoms with Crippen molar-refractivity contribution in [2.24, 2.45) is 0 Å². The molecule has 31 heavy (non-hydrogen) atoms. The van der Waals surface area contributed by atoms with Gasteiger partial charge in [0.2, 0.25) is 0 Å². The Hall–Kier alpha value is -3.60. The van der Waals surface area contributed by atoms with E-state index in [1.165, 1.54) is 0 Å². The van der Waals surface area contributed by atoms with Gasteiger partial charge in [-0.05, 0) is 73.4 Å². The van der Waals surface area contributed by atoms with Crippen molar-refractivity contribution in [1.82, 2.24) is 14.9 Å². The highest BCUT2D eigenvalue weighted by Gasteiger charge is 2.07. The summed E-state index contributed by atoms with van der Waals surface area (Å²) in [5, 5.41) is 3.94. The summed E-state index contributed by atoms with van der Waals surface area (Å²) >= 11 is 0. The van der Waals surface area contributed by atoms with Gasteiger partial charge in [-0.2, -0.15) is 0 Å². The van der Waals surface area contributed by atoms with Crippen molar-refractivity contribution in [3.8, 4) is 5.75 Å². The third-order valence-corrected chi connectivity index (χ3v) is 5.21. The first kappa shape index (κ1) is 20.7. The van der Waals surface area contributed by atoms with Crippen molar-refractivity contribution in [3.63, 3.8) is 0 Å². The second kappa shape index (κ2) is 10.4. The van der Waals surface area contributed by atoms with Gasteiger partial charge in [0.05, 0.1) is 12.1 Å². The lowest BCUT2D eigenvalue weighted by molar-refractivity contribution is 0.0951. The number of nitrogens with one attached hydrogen (secondary N) is 1. The molecule has 0 atom stereocenters. The highest BCUT2D eigenvalue weighted by atomic mass is 16.5. The molecule has 0 saturated carbocycles. The average Bonchev–Trinajstić information content (AvgIpc) is 3.33. The number of rotatable bonds is 10. The number of unbranched alkanes of at least 4 members (excludes halogenated alkanes) is 2. The molecule has 1 N–H and O–H groups in total. The summed E-state index contributed by atoms with van der Waals surface area (Å²) in [4.78, 5) is 16.8. The fraction of sp³-hybridized carbons (Fsp3) is 0.231. The van der Waals surface area contributed by atoms with Gasteiger partial charge in [0, 0.05) is 42.6 Å². The molecule has 4 rings (SSSR count). The molecule has 1 amide bonds. The van der Waals surface area contributed by atoms with Gasteiger partial charge in [0.1, 0.15) is 5.75 Å². The predicted molar refractivity (Wildman–Crippen MR) is 123 cm³/mol. The Kier molecular flexibility index (Phi) is 6.96. The Labute approximate surface area is 182 Å². The summed E-state index contributed by atoms with van der Waals surface area (Å²) < 4.78 is 8.10. The maximum absolute atomic E-state index is 12.5. The quantitative estimate of drug-likeness (QED) is 0.363. The van der Waals surface area contributed by atoms with Gasteiger partial charge in [-0.3, -0.25) is 9.78 Å². The standard InChI is InChI=1S/C26H27N3O2/c30-26(23-11-12-25-22(19-23)9-7-13-27-25)28-20-21-8-6-10-24(18-21)31-17-5-1-2-14-29-15-3-4-16-29/h3-4,6-13,15-16,18-19H,1-2,5,14,17,20H2,(H,28,30). The van der Waals surface area contributed by atoms with Gasteiger partial charge in [0.15, 0.2) is 0 Å². The number of aromatic nitrogens is 2. The number of carbonyl (C=O) groups excluding carboxylic acids is 1. The largest absolute Gasteiger partial charge is 0.494 e. The third-order valence-electron chi connectivity index (χ3n) is 5.21.